The molecule has 60 heavy (non-hydrogen) atoms. The Kier molecular flexibility index (Phi) is 10.9. The number of benzene rings is 2. The summed E-state index contributed by atoms with van der Waals surface area (Å²) in [5, 5.41) is 25.3. The minimum absolute atomic E-state index is 0.0131. The Bertz CT molecular complexity index is 2410. The van der Waals surface area contributed by atoms with Gasteiger partial charge in [0.2, 0.25) is 11.8 Å². The molecule has 0 saturated heterocycles. The van der Waals surface area contributed by atoms with Crippen molar-refractivity contribution in [1.29, 1.82) is 0 Å². The molecular formula is C44H52N14O2. The summed E-state index contributed by atoms with van der Waals surface area (Å²) in [5.74, 6) is 0.927. The second-order valence-electron chi connectivity index (χ2n) is 15.6. The summed E-state index contributed by atoms with van der Waals surface area (Å²) >= 11 is 0. The van der Waals surface area contributed by atoms with Gasteiger partial charge in [0.25, 0.3) is 0 Å². The number of nitrogens with two attached hydrogens (primary N) is 4. The van der Waals surface area contributed by atoms with Gasteiger partial charge in [-0.2, -0.15) is 0 Å². The molecule has 2 aromatic heterocycles. The Balaban J connectivity index is 1.46. The third kappa shape index (κ3) is 7.05. The highest BCUT2D eigenvalue weighted by molar-refractivity contribution is 6.20. The van der Waals surface area contributed by atoms with E-state index in [1.54, 1.807) is 0 Å². The fourth-order valence-electron chi connectivity index (χ4n) is 8.34. The zero-order valence-electron chi connectivity index (χ0n) is 34.4. The van der Waals surface area contributed by atoms with Crippen LogP contribution in [0, 0.1) is 0 Å². The quantitative estimate of drug-likeness (QED) is 0.0509. The first-order valence-electron chi connectivity index (χ1n) is 20.7. The van der Waals surface area contributed by atoms with Crippen molar-refractivity contribution in [2.45, 2.75) is 90.1 Å². The van der Waals surface area contributed by atoms with E-state index in [9.17, 15) is 10.2 Å². The van der Waals surface area contributed by atoms with Gasteiger partial charge < -0.3 is 33.1 Å². The maximum Gasteiger partial charge on any atom is 0.216 e. The molecule has 16 heteroatoms. The second-order valence-corrected chi connectivity index (χ2v) is 15.6. The number of guanidine groups is 2. The molecule has 10 N–H and O–H groups in total. The van der Waals surface area contributed by atoms with Crippen molar-refractivity contribution in [3.8, 4) is 11.8 Å². The molecule has 310 valence electrons. The predicted molar refractivity (Wildman–Crippen MR) is 239 cm³/mol. The summed E-state index contributed by atoms with van der Waals surface area (Å²) in [7, 11) is 0. The molecule has 4 atom stereocenters. The van der Waals surface area contributed by atoms with E-state index >= 15 is 0 Å². The van der Waals surface area contributed by atoms with Crippen LogP contribution in [0.5, 0.6) is 11.8 Å². The summed E-state index contributed by atoms with van der Waals surface area (Å²) in [4.78, 5) is 39.5. The van der Waals surface area contributed by atoms with Gasteiger partial charge in [-0.3, -0.25) is 39.1 Å². The zero-order valence-corrected chi connectivity index (χ0v) is 34.4. The average Bonchev–Trinajstić information content (AvgIpc) is 4.04. The minimum atomic E-state index is -0.821. The highest BCUT2D eigenvalue weighted by Crippen LogP contribution is 2.53. The molecule has 0 amide bonds. The van der Waals surface area contributed by atoms with Gasteiger partial charge >= 0.3 is 0 Å². The summed E-state index contributed by atoms with van der Waals surface area (Å²) in [6, 6.07) is 14.2. The van der Waals surface area contributed by atoms with Crippen molar-refractivity contribution in [2.75, 3.05) is 13.1 Å². The molecule has 0 fully saturated rings. The summed E-state index contributed by atoms with van der Waals surface area (Å²) in [5.41, 5.74) is 31.4. The van der Waals surface area contributed by atoms with Gasteiger partial charge in [-0.15, -0.1) is 0 Å². The molecular weight excluding hydrogens is 757 g/mol. The number of hydrogen-bond donors (Lipinski definition) is 6. The molecule has 16 nitrogen and oxygen atoms in total. The van der Waals surface area contributed by atoms with Crippen LogP contribution in [0.2, 0.25) is 0 Å². The van der Waals surface area contributed by atoms with E-state index in [4.69, 9.17) is 52.9 Å². The highest BCUT2D eigenvalue weighted by Gasteiger charge is 2.47. The van der Waals surface area contributed by atoms with E-state index in [1.807, 2.05) is 70.1 Å². The van der Waals surface area contributed by atoms with Gasteiger partial charge in [-0.25, -0.2) is 9.97 Å². The molecule has 4 aromatic rings. The summed E-state index contributed by atoms with van der Waals surface area (Å²) in [6.45, 7) is 9.01. The first kappa shape index (κ1) is 40.0. The number of para-hydroxylation sites is 2. The number of imidazole rings is 2. The fourth-order valence-corrected chi connectivity index (χ4v) is 8.34. The van der Waals surface area contributed by atoms with Gasteiger partial charge in [0.05, 0.1) is 34.2 Å². The molecule has 6 heterocycles. The monoisotopic (exact) mass is 808 g/mol. The maximum absolute atomic E-state index is 12.6. The van der Waals surface area contributed by atoms with E-state index in [0.29, 0.717) is 84.6 Å². The summed E-state index contributed by atoms with van der Waals surface area (Å²) < 4.78 is 3.77. The van der Waals surface area contributed by atoms with Crippen molar-refractivity contribution < 1.29 is 10.2 Å². The lowest BCUT2D eigenvalue weighted by atomic mass is 9.88. The fraction of sp³-hybridized carbons (Fsp3) is 0.364. The van der Waals surface area contributed by atoms with Gasteiger partial charge in [0, 0.05) is 59.6 Å². The third-order valence-electron chi connectivity index (χ3n) is 11.8. The van der Waals surface area contributed by atoms with Gasteiger partial charge in [-0.1, -0.05) is 64.1 Å². The molecule has 2 aromatic carbocycles. The number of fused-ring (bicyclic) bond motifs is 4. The molecule has 4 unspecified atom stereocenters. The van der Waals surface area contributed by atoms with Crippen LogP contribution in [0.1, 0.15) is 124 Å². The van der Waals surface area contributed by atoms with Crippen molar-refractivity contribution >= 4 is 58.3 Å². The van der Waals surface area contributed by atoms with Crippen LogP contribution in [0.3, 0.4) is 0 Å². The zero-order chi connectivity index (χ0) is 42.2. The first-order valence-corrected chi connectivity index (χ1v) is 20.7. The molecule has 0 bridgehead atoms. The second kappa shape index (κ2) is 16.4. The Labute approximate surface area is 348 Å². The largest absolute Gasteiger partial charge is 0.493 e. The topological polar surface area (TPSA) is 254 Å². The van der Waals surface area contributed by atoms with E-state index in [0.717, 1.165) is 46.5 Å². The molecule has 4 aliphatic heterocycles. The van der Waals surface area contributed by atoms with E-state index < -0.39 is 12.1 Å². The molecule has 0 radical (unpaired) electrons. The lowest BCUT2D eigenvalue weighted by Crippen LogP contribution is -2.35. The summed E-state index contributed by atoms with van der Waals surface area (Å²) in [6.07, 6.45) is 7.23. The number of aromatic nitrogens is 4. The van der Waals surface area contributed by atoms with Gasteiger partial charge in [0.15, 0.2) is 23.6 Å². The number of hydrogen-bond acceptors (Lipinski definition) is 10. The highest BCUT2D eigenvalue weighted by atomic mass is 16.3. The Hall–Kier alpha value is -6.84. The number of aliphatic imine (C=N–C) groups is 6. The van der Waals surface area contributed by atoms with E-state index in [-0.39, 0.29) is 35.5 Å². The smallest absolute Gasteiger partial charge is 0.216 e. The predicted octanol–water partition coefficient (Wildman–Crippen LogP) is 6.27. The molecule has 0 spiro atoms. The van der Waals surface area contributed by atoms with Crippen molar-refractivity contribution in [3.63, 3.8) is 0 Å². The molecule has 8 rings (SSSR count). The van der Waals surface area contributed by atoms with E-state index in [1.165, 1.54) is 0 Å². The van der Waals surface area contributed by atoms with Crippen molar-refractivity contribution in [2.24, 2.45) is 52.9 Å². The average molecular weight is 809 g/mol. The third-order valence-corrected chi connectivity index (χ3v) is 11.8. The van der Waals surface area contributed by atoms with Crippen molar-refractivity contribution in [1.82, 2.24) is 19.1 Å². The van der Waals surface area contributed by atoms with Crippen LogP contribution in [0.15, 0.2) is 89.9 Å². The molecule has 0 saturated carbocycles. The van der Waals surface area contributed by atoms with E-state index in [2.05, 4.69) is 37.7 Å². The minimum Gasteiger partial charge on any atom is -0.493 e. The maximum atomic E-state index is 12.6. The molecule has 0 aliphatic carbocycles. The van der Waals surface area contributed by atoms with Crippen LogP contribution in [0.4, 0.5) is 11.4 Å². The first-order chi connectivity index (χ1) is 29.0. The number of rotatable bonds is 13. The molecule has 4 aliphatic rings. The van der Waals surface area contributed by atoms with Crippen LogP contribution in [-0.4, -0.2) is 78.2 Å². The number of nitrogens with zero attached hydrogens (tertiary/aromatic N) is 10. The van der Waals surface area contributed by atoms with Crippen LogP contribution >= 0.6 is 0 Å². The number of aromatic hydroxyl groups is 2. The van der Waals surface area contributed by atoms with Gasteiger partial charge in [-0.05, 0) is 50.7 Å². The standard InChI is InChI=1S/C44H52N14O2/c1-5-23(3)33-41(59)57-37(35(27-21-51-29-15-9-7-13-25(27)29)53-31(39(57)55-33)17-11-19-49-43(45)46)38-36(28-22-52-30-16-10-8-14-26(28)30)54-32(18-12-20-50-44(47)48)40-56-34(24(4)6-2)42(60)58(38)40/h7-10,13-16,21-24,37-38,59-60H,5-6,11-12,17-20H2,1-4H3,(H4,45,46,49)(H4,47,48,50). The van der Waals surface area contributed by atoms with Crippen LogP contribution in [0.25, 0.3) is 11.1 Å². The lowest BCUT2D eigenvalue weighted by molar-refractivity contribution is 0.311. The van der Waals surface area contributed by atoms with Crippen LogP contribution < -0.4 is 22.9 Å². The van der Waals surface area contributed by atoms with Crippen LogP contribution in [-0.2, 0) is 0 Å². The number of allylic oxidation sites excluding steroid dienone is 4. The normalized spacial score (nSPS) is 20.8. The SMILES string of the molecule is CCC(C)c1nc2n(c1O)C(C1C(=C3C=Nc4ccccc43)N=C(CCCN=C(N)N)c3nc(C(C)CC)c(O)n31)C(=C1C=Nc3ccccc31)N=C2CCCN=C(N)N. The lowest BCUT2D eigenvalue weighted by Gasteiger charge is -2.38. The Morgan fingerprint density at radius 3 is 1.43 bits per heavy atom. The van der Waals surface area contributed by atoms with Crippen molar-refractivity contribution in [3.05, 3.63) is 94.1 Å². The Morgan fingerprint density at radius 2 is 1.05 bits per heavy atom. The van der Waals surface area contributed by atoms with Gasteiger partial charge in [0.1, 0.15) is 23.5 Å². The Morgan fingerprint density at radius 1 is 0.650 bits per heavy atom.